The first-order valence-electron chi connectivity index (χ1n) is 15.5. The van der Waals surface area contributed by atoms with E-state index in [2.05, 4.69) is 6.92 Å². The van der Waals surface area contributed by atoms with Crippen LogP contribution in [0.2, 0.25) is 0 Å². The third-order valence-corrected chi connectivity index (χ3v) is 16.9. The lowest BCUT2D eigenvalue weighted by Crippen LogP contribution is -2.39. The van der Waals surface area contributed by atoms with Crippen LogP contribution in [0.25, 0.3) is 10.8 Å². The topological polar surface area (TPSA) is 52.6 Å². The van der Waals surface area contributed by atoms with Gasteiger partial charge in [-0.1, -0.05) is 47.9 Å². The summed E-state index contributed by atoms with van der Waals surface area (Å²) in [4.78, 5) is 0.757. The Morgan fingerprint density at radius 2 is 1.65 bits per heavy atom. The lowest BCUT2D eigenvalue weighted by Gasteiger charge is -2.40. The molecule has 2 aromatic carbocycles. The second-order valence-corrected chi connectivity index (χ2v) is 18.2. The first-order chi connectivity index (χ1) is 19.2. The number of halogens is 2. The first-order valence-corrected chi connectivity index (χ1v) is 18.8. The van der Waals surface area contributed by atoms with Crippen LogP contribution in [0.15, 0.2) is 41.3 Å². The van der Waals surface area contributed by atoms with Crippen LogP contribution < -0.4 is 4.74 Å². The van der Waals surface area contributed by atoms with E-state index in [0.29, 0.717) is 35.9 Å². The fraction of sp³-hybridized carbons (Fsp3) is 0.688. The molecule has 7 unspecified atom stereocenters. The molecular weight excluding hydrogens is 550 g/mol. The van der Waals surface area contributed by atoms with E-state index in [9.17, 15) is 8.42 Å². The number of fused-ring (bicyclic) bond motifs is 10. The van der Waals surface area contributed by atoms with Gasteiger partial charge in [0.1, 0.15) is 5.75 Å². The summed E-state index contributed by atoms with van der Waals surface area (Å²) in [6.45, 7) is 2.71. The van der Waals surface area contributed by atoms with Crippen LogP contribution >= 0.6 is 10.3 Å². The standard InChI is InChI=1S/C32H42F2O4S2/c1-2-3-14-37-28-12-13-29(26-9-5-4-8-25(26)28)39(15-6-7-16-39)38-40(35,36)32(33,34)20-24-18-23-19-27(24)31-22-11-10-21(17-22)30(23)31/h4-5,8-9,12-13,21-24,27,30-31H,2-3,6-7,10-11,14-20H2,1H3. The predicted octanol–water partition coefficient (Wildman–Crippen LogP) is 8.54. The highest BCUT2D eigenvalue weighted by molar-refractivity contribution is 8.33. The molecule has 7 atom stereocenters. The SMILES string of the molecule is CCCCOc1ccc(S2(OS(=O)(=O)C(F)(F)CC3CC4CC3C3C5CCC(C5)C43)CCCC2)c2ccccc12. The Labute approximate surface area is 239 Å². The summed E-state index contributed by atoms with van der Waals surface area (Å²) in [6.07, 6.45) is 8.54. The van der Waals surface area contributed by atoms with Gasteiger partial charge in [0.2, 0.25) is 0 Å². The number of hydrogen-bond acceptors (Lipinski definition) is 4. The van der Waals surface area contributed by atoms with E-state index in [0.717, 1.165) is 71.8 Å². The molecule has 0 aromatic heterocycles. The second-order valence-electron chi connectivity index (χ2n) is 13.2. The van der Waals surface area contributed by atoms with E-state index >= 15 is 8.78 Å². The summed E-state index contributed by atoms with van der Waals surface area (Å²) in [7, 11) is -7.55. The van der Waals surface area contributed by atoms with Crippen molar-refractivity contribution in [2.24, 2.45) is 41.4 Å². The van der Waals surface area contributed by atoms with Gasteiger partial charge in [0.05, 0.1) is 6.61 Å². The fourth-order valence-corrected chi connectivity index (χ4v) is 15.6. The van der Waals surface area contributed by atoms with Crippen LogP contribution in [0.1, 0.15) is 71.1 Å². The Kier molecular flexibility index (Phi) is 6.94. The quantitative estimate of drug-likeness (QED) is 0.205. The number of unbranched alkanes of at least 4 members (excludes halogenated alkanes) is 1. The largest absolute Gasteiger partial charge is 0.493 e. The normalized spacial score (nSPS) is 34.9. The highest BCUT2D eigenvalue weighted by Crippen LogP contribution is 2.70. The van der Waals surface area contributed by atoms with Crippen molar-refractivity contribution >= 4 is 31.2 Å². The zero-order chi connectivity index (χ0) is 27.7. The summed E-state index contributed by atoms with van der Waals surface area (Å²) in [6, 6.07) is 11.5. The third-order valence-electron chi connectivity index (χ3n) is 11.2. The molecule has 0 amide bonds. The molecular formula is C32H42F2O4S2. The molecule has 4 saturated carbocycles. The van der Waals surface area contributed by atoms with Crippen LogP contribution in [0.5, 0.6) is 5.75 Å². The van der Waals surface area contributed by atoms with Gasteiger partial charge in [-0.25, -0.2) is 3.63 Å². The first kappa shape index (κ1) is 27.5. The summed E-state index contributed by atoms with van der Waals surface area (Å²) in [5.74, 6) is 5.04. The Balaban J connectivity index is 1.15. The molecule has 1 aliphatic heterocycles. The molecule has 4 aliphatic carbocycles. The zero-order valence-corrected chi connectivity index (χ0v) is 25.0. The highest BCUT2D eigenvalue weighted by Gasteiger charge is 2.64. The number of rotatable bonds is 10. The van der Waals surface area contributed by atoms with Crippen LogP contribution in [0.4, 0.5) is 8.78 Å². The highest BCUT2D eigenvalue weighted by atomic mass is 32.3. The van der Waals surface area contributed by atoms with Gasteiger partial charge < -0.3 is 4.74 Å². The maximum Gasteiger partial charge on any atom is 0.371 e. The van der Waals surface area contributed by atoms with Crippen LogP contribution in [-0.4, -0.2) is 31.8 Å². The maximum atomic E-state index is 15.9. The molecule has 4 bridgehead atoms. The van der Waals surface area contributed by atoms with Crippen molar-refractivity contribution in [3.8, 4) is 5.75 Å². The summed E-state index contributed by atoms with van der Waals surface area (Å²) >= 11 is 0. The Morgan fingerprint density at radius 1 is 0.925 bits per heavy atom. The van der Waals surface area contributed by atoms with Crippen molar-refractivity contribution in [2.45, 2.75) is 81.3 Å². The lowest BCUT2D eigenvalue weighted by atomic mass is 9.67. The molecule has 1 heterocycles. The van der Waals surface area contributed by atoms with E-state index in [1.807, 2.05) is 36.4 Å². The van der Waals surface area contributed by atoms with E-state index in [-0.39, 0.29) is 11.8 Å². The molecule has 0 N–H and O–H groups in total. The minimum absolute atomic E-state index is 0.214. The van der Waals surface area contributed by atoms with E-state index < -0.39 is 32.1 Å². The van der Waals surface area contributed by atoms with Crippen LogP contribution in [0.3, 0.4) is 0 Å². The van der Waals surface area contributed by atoms with E-state index in [1.54, 1.807) is 0 Å². The maximum absolute atomic E-state index is 15.9. The van der Waals surface area contributed by atoms with Gasteiger partial charge in [-0.15, -0.1) is 0 Å². The molecule has 0 spiro atoms. The molecule has 5 aliphatic rings. The predicted molar refractivity (Wildman–Crippen MR) is 156 cm³/mol. The summed E-state index contributed by atoms with van der Waals surface area (Å²) < 4.78 is 70.8. The molecule has 8 heteroatoms. The van der Waals surface area contributed by atoms with Crippen molar-refractivity contribution in [2.75, 3.05) is 18.1 Å². The van der Waals surface area contributed by atoms with Crippen molar-refractivity contribution in [1.82, 2.24) is 0 Å². The number of benzene rings is 2. The molecule has 1 saturated heterocycles. The average Bonchev–Trinajstić information content (AvgIpc) is 3.75. The molecule has 220 valence electrons. The minimum Gasteiger partial charge on any atom is -0.493 e. The van der Waals surface area contributed by atoms with Gasteiger partial charge in [0.15, 0.2) is 0 Å². The van der Waals surface area contributed by atoms with Crippen molar-refractivity contribution in [1.29, 1.82) is 0 Å². The van der Waals surface area contributed by atoms with Gasteiger partial charge >= 0.3 is 15.4 Å². The molecule has 5 fully saturated rings. The Hall–Kier alpha value is -1.38. The Morgan fingerprint density at radius 3 is 2.40 bits per heavy atom. The van der Waals surface area contributed by atoms with Crippen molar-refractivity contribution in [3.63, 3.8) is 0 Å². The fourth-order valence-electron chi connectivity index (χ4n) is 9.68. The van der Waals surface area contributed by atoms with Crippen LogP contribution in [-0.2, 0) is 13.7 Å². The van der Waals surface area contributed by atoms with E-state index in [4.69, 9.17) is 8.37 Å². The van der Waals surface area contributed by atoms with Crippen molar-refractivity contribution in [3.05, 3.63) is 36.4 Å². The Bertz CT molecular complexity index is 1370. The van der Waals surface area contributed by atoms with Crippen LogP contribution in [0, 0.1) is 41.4 Å². The van der Waals surface area contributed by atoms with E-state index in [1.165, 1.54) is 19.3 Å². The third kappa shape index (κ3) is 4.33. The molecule has 4 nitrogen and oxygen atoms in total. The van der Waals surface area contributed by atoms with Gasteiger partial charge in [-0.2, -0.15) is 17.2 Å². The average molecular weight is 593 g/mol. The number of hydrogen-bond donors (Lipinski definition) is 0. The molecule has 40 heavy (non-hydrogen) atoms. The van der Waals surface area contributed by atoms with Gasteiger partial charge in [-0.05, 0) is 110 Å². The summed E-state index contributed by atoms with van der Waals surface area (Å²) in [5.41, 5.74) is 0. The number of ether oxygens (including phenoxy) is 1. The number of alkyl halides is 2. The molecule has 7 rings (SSSR count). The lowest BCUT2D eigenvalue weighted by molar-refractivity contribution is 0.0196. The zero-order valence-electron chi connectivity index (χ0n) is 23.4. The second kappa shape index (κ2) is 10.1. The molecule has 2 aromatic rings. The monoisotopic (exact) mass is 592 g/mol. The smallest absolute Gasteiger partial charge is 0.371 e. The van der Waals surface area contributed by atoms with Crippen molar-refractivity contribution < 1.29 is 25.6 Å². The van der Waals surface area contributed by atoms with Gasteiger partial charge in [-0.3, -0.25) is 0 Å². The summed E-state index contributed by atoms with van der Waals surface area (Å²) in [5, 5.41) is -2.15. The van der Waals surface area contributed by atoms with Gasteiger partial charge in [0, 0.05) is 28.2 Å². The minimum atomic E-state index is -5.11. The molecule has 0 radical (unpaired) electrons. The van der Waals surface area contributed by atoms with Gasteiger partial charge in [0.25, 0.3) is 0 Å².